The first kappa shape index (κ1) is 14.1. The number of rotatable bonds is 3. The van der Waals surface area contributed by atoms with Crippen LogP contribution in [0.3, 0.4) is 0 Å². The maximum absolute atomic E-state index is 6.06. The number of aromatic nitrogens is 2. The molecular formula is C14H14ClN5S. The molecule has 0 aliphatic heterocycles. The molecule has 4 N–H and O–H groups in total. The predicted molar refractivity (Wildman–Crippen MR) is 89.4 cm³/mol. The zero-order valence-electron chi connectivity index (χ0n) is 11.6. The van der Waals surface area contributed by atoms with Gasteiger partial charge in [-0.3, -0.25) is 5.43 Å². The van der Waals surface area contributed by atoms with Crippen LogP contribution in [0.2, 0.25) is 5.02 Å². The van der Waals surface area contributed by atoms with Crippen LogP contribution < -0.4 is 16.6 Å². The Kier molecular flexibility index (Phi) is 3.67. The van der Waals surface area contributed by atoms with Crippen LogP contribution in [-0.4, -0.2) is 9.97 Å². The second-order valence-electron chi connectivity index (χ2n) is 4.70. The quantitative estimate of drug-likeness (QED) is 0.502. The van der Waals surface area contributed by atoms with Crippen LogP contribution in [0, 0.1) is 13.8 Å². The smallest absolute Gasteiger partial charge is 0.240 e. The molecule has 1 aromatic carbocycles. The van der Waals surface area contributed by atoms with Crippen molar-refractivity contribution in [1.29, 1.82) is 0 Å². The monoisotopic (exact) mass is 319 g/mol. The van der Waals surface area contributed by atoms with Crippen LogP contribution in [0.1, 0.15) is 10.4 Å². The Morgan fingerprint density at radius 2 is 2.00 bits per heavy atom. The number of nitrogens with two attached hydrogens (primary N) is 1. The maximum Gasteiger partial charge on any atom is 0.240 e. The summed E-state index contributed by atoms with van der Waals surface area (Å²) in [7, 11) is 0. The van der Waals surface area contributed by atoms with Crippen LogP contribution >= 0.6 is 22.9 Å². The molecule has 2 aromatic heterocycles. The van der Waals surface area contributed by atoms with Gasteiger partial charge in [0.25, 0.3) is 0 Å². The van der Waals surface area contributed by atoms with Gasteiger partial charge in [-0.15, -0.1) is 11.3 Å². The second kappa shape index (κ2) is 5.48. The van der Waals surface area contributed by atoms with Crippen LogP contribution in [0.4, 0.5) is 17.5 Å². The summed E-state index contributed by atoms with van der Waals surface area (Å²) in [6.45, 7) is 4.05. The van der Waals surface area contributed by atoms with E-state index in [0.717, 1.165) is 21.5 Å². The van der Waals surface area contributed by atoms with E-state index in [1.165, 1.54) is 4.88 Å². The Balaban J connectivity index is 2.12. The minimum atomic E-state index is 0.381. The standard InChI is InChI=1S/C14H14ClN5S/c1-7-3-4-9(15)6-11(7)17-12-10-5-8(2)21-13(10)19-14(18-12)20-16/h3-6H,16H2,1-2H3,(H2,17,18,19,20). The Hall–Kier alpha value is -1.89. The summed E-state index contributed by atoms with van der Waals surface area (Å²) in [5.74, 6) is 6.54. The van der Waals surface area contributed by atoms with Gasteiger partial charge in [0.1, 0.15) is 10.6 Å². The number of halogens is 1. The molecule has 21 heavy (non-hydrogen) atoms. The fourth-order valence-electron chi connectivity index (χ4n) is 2.06. The fourth-order valence-corrected chi connectivity index (χ4v) is 3.11. The zero-order valence-corrected chi connectivity index (χ0v) is 13.1. The molecule has 0 atom stereocenters. The van der Waals surface area contributed by atoms with Gasteiger partial charge in [-0.2, -0.15) is 4.98 Å². The van der Waals surface area contributed by atoms with Crippen LogP contribution in [-0.2, 0) is 0 Å². The highest BCUT2D eigenvalue weighted by Gasteiger charge is 2.11. The maximum atomic E-state index is 6.06. The number of hydrazine groups is 1. The van der Waals surface area contributed by atoms with Gasteiger partial charge in [-0.05, 0) is 37.6 Å². The lowest BCUT2D eigenvalue weighted by Crippen LogP contribution is -2.11. The van der Waals surface area contributed by atoms with Crippen molar-refractivity contribution in [1.82, 2.24) is 9.97 Å². The van der Waals surface area contributed by atoms with Crippen LogP contribution in [0.15, 0.2) is 24.3 Å². The normalized spacial score (nSPS) is 10.9. The number of fused-ring (bicyclic) bond motifs is 1. The topological polar surface area (TPSA) is 75.9 Å². The zero-order chi connectivity index (χ0) is 15.0. The Morgan fingerprint density at radius 3 is 2.76 bits per heavy atom. The molecule has 3 rings (SSSR count). The van der Waals surface area contributed by atoms with E-state index < -0.39 is 0 Å². The summed E-state index contributed by atoms with van der Waals surface area (Å²) in [4.78, 5) is 10.8. The molecule has 7 heteroatoms. The van der Waals surface area contributed by atoms with E-state index in [9.17, 15) is 0 Å². The van der Waals surface area contributed by atoms with E-state index in [1.807, 2.05) is 32.0 Å². The van der Waals surface area contributed by atoms with E-state index in [-0.39, 0.29) is 0 Å². The van der Waals surface area contributed by atoms with E-state index in [1.54, 1.807) is 11.3 Å². The summed E-state index contributed by atoms with van der Waals surface area (Å²) in [6.07, 6.45) is 0. The number of thiophene rings is 1. The largest absolute Gasteiger partial charge is 0.339 e. The molecule has 0 fully saturated rings. The average molecular weight is 320 g/mol. The molecule has 0 aliphatic carbocycles. The lowest BCUT2D eigenvalue weighted by atomic mass is 10.2. The summed E-state index contributed by atoms with van der Waals surface area (Å²) < 4.78 is 0. The molecule has 108 valence electrons. The summed E-state index contributed by atoms with van der Waals surface area (Å²) in [5.41, 5.74) is 4.49. The number of anilines is 3. The number of hydrogen-bond donors (Lipinski definition) is 3. The molecule has 0 unspecified atom stereocenters. The fraction of sp³-hybridized carbons (Fsp3) is 0.143. The van der Waals surface area contributed by atoms with E-state index >= 15 is 0 Å². The molecule has 3 aromatic rings. The van der Waals surface area contributed by atoms with Crippen molar-refractivity contribution in [2.45, 2.75) is 13.8 Å². The molecule has 5 nitrogen and oxygen atoms in total. The number of benzene rings is 1. The van der Waals surface area contributed by atoms with Crippen molar-refractivity contribution < 1.29 is 0 Å². The molecule has 0 saturated carbocycles. The van der Waals surface area contributed by atoms with Gasteiger partial charge in [-0.25, -0.2) is 10.8 Å². The molecule has 0 saturated heterocycles. The summed E-state index contributed by atoms with van der Waals surface area (Å²) in [6, 6.07) is 7.76. The predicted octanol–water partition coefficient (Wildman–Crippen LogP) is 3.99. The highest BCUT2D eigenvalue weighted by Crippen LogP contribution is 2.32. The highest BCUT2D eigenvalue weighted by molar-refractivity contribution is 7.18. The van der Waals surface area contributed by atoms with E-state index in [2.05, 4.69) is 26.8 Å². The van der Waals surface area contributed by atoms with Gasteiger partial charge in [-0.1, -0.05) is 17.7 Å². The van der Waals surface area contributed by atoms with Crippen molar-refractivity contribution in [3.63, 3.8) is 0 Å². The first-order chi connectivity index (χ1) is 10.1. The van der Waals surface area contributed by atoms with Gasteiger partial charge >= 0.3 is 0 Å². The number of nitrogens with one attached hydrogen (secondary N) is 2. The number of hydrogen-bond acceptors (Lipinski definition) is 6. The Labute approximate surface area is 131 Å². The third-order valence-corrected chi connectivity index (χ3v) is 4.28. The highest BCUT2D eigenvalue weighted by atomic mass is 35.5. The lowest BCUT2D eigenvalue weighted by Gasteiger charge is -2.11. The van der Waals surface area contributed by atoms with E-state index in [4.69, 9.17) is 17.4 Å². The summed E-state index contributed by atoms with van der Waals surface area (Å²) >= 11 is 7.66. The molecule has 0 spiro atoms. The van der Waals surface area contributed by atoms with Gasteiger partial charge in [0.15, 0.2) is 0 Å². The molecular weight excluding hydrogens is 306 g/mol. The van der Waals surface area contributed by atoms with Crippen molar-refractivity contribution in [2.75, 3.05) is 10.7 Å². The lowest BCUT2D eigenvalue weighted by molar-refractivity contribution is 1.16. The van der Waals surface area contributed by atoms with Gasteiger partial charge in [0, 0.05) is 15.6 Å². The van der Waals surface area contributed by atoms with Crippen LogP contribution in [0.5, 0.6) is 0 Å². The van der Waals surface area contributed by atoms with Gasteiger partial charge in [0.2, 0.25) is 5.95 Å². The minimum Gasteiger partial charge on any atom is -0.339 e. The SMILES string of the molecule is Cc1cc2c(Nc3cc(Cl)ccc3C)nc(NN)nc2s1. The first-order valence-electron chi connectivity index (χ1n) is 6.35. The third kappa shape index (κ3) is 2.78. The van der Waals surface area contributed by atoms with Gasteiger partial charge < -0.3 is 5.32 Å². The average Bonchev–Trinajstić information content (AvgIpc) is 2.83. The van der Waals surface area contributed by atoms with Crippen LogP contribution in [0.25, 0.3) is 10.2 Å². The number of aryl methyl sites for hydroxylation is 2. The minimum absolute atomic E-state index is 0.381. The first-order valence-corrected chi connectivity index (χ1v) is 7.54. The van der Waals surface area contributed by atoms with Crippen molar-refractivity contribution in [3.8, 4) is 0 Å². The molecule has 0 radical (unpaired) electrons. The second-order valence-corrected chi connectivity index (χ2v) is 6.37. The molecule has 2 heterocycles. The number of nitrogens with zero attached hydrogens (tertiary/aromatic N) is 2. The Morgan fingerprint density at radius 1 is 1.19 bits per heavy atom. The Bertz CT molecular complexity index is 814. The molecule has 0 aliphatic rings. The molecule has 0 bridgehead atoms. The summed E-state index contributed by atoms with van der Waals surface area (Å²) in [5, 5.41) is 4.96. The van der Waals surface area contributed by atoms with Crippen molar-refractivity contribution in [3.05, 3.63) is 39.7 Å². The third-order valence-electron chi connectivity index (χ3n) is 3.10. The molecule has 0 amide bonds. The van der Waals surface area contributed by atoms with Crippen molar-refractivity contribution >= 4 is 50.6 Å². The van der Waals surface area contributed by atoms with E-state index in [0.29, 0.717) is 16.8 Å². The number of nitrogen functional groups attached to an aromatic ring is 1. The van der Waals surface area contributed by atoms with Gasteiger partial charge in [0.05, 0.1) is 5.39 Å². The van der Waals surface area contributed by atoms with Crippen molar-refractivity contribution in [2.24, 2.45) is 5.84 Å².